The summed E-state index contributed by atoms with van der Waals surface area (Å²) < 4.78 is 6.35. The second-order valence-electron chi connectivity index (χ2n) is 4.39. The van der Waals surface area contributed by atoms with E-state index in [0.29, 0.717) is 0 Å². The van der Waals surface area contributed by atoms with Crippen LogP contribution in [0.25, 0.3) is 0 Å². The monoisotopic (exact) mass is 266 g/mol. The number of pyridine rings is 1. The molecule has 0 aliphatic carbocycles. The molecule has 0 fully saturated rings. The third-order valence-corrected chi connectivity index (χ3v) is 2.85. The van der Waals surface area contributed by atoms with Crippen molar-refractivity contribution in [1.82, 2.24) is 9.47 Å². The van der Waals surface area contributed by atoms with Gasteiger partial charge in [0, 0.05) is 19.3 Å². The van der Waals surface area contributed by atoms with Gasteiger partial charge in [-0.05, 0) is 25.0 Å². The van der Waals surface area contributed by atoms with Gasteiger partial charge in [-0.3, -0.25) is 9.59 Å². The van der Waals surface area contributed by atoms with Crippen LogP contribution >= 0.6 is 0 Å². The largest absolute Gasteiger partial charge is 0.491 e. The molecule has 5 nitrogen and oxygen atoms in total. The Hall–Kier alpha value is -1.78. The fourth-order valence-electron chi connectivity index (χ4n) is 1.94. The van der Waals surface area contributed by atoms with Crippen molar-refractivity contribution in [2.24, 2.45) is 0 Å². The van der Waals surface area contributed by atoms with E-state index in [1.54, 1.807) is 23.2 Å². The lowest BCUT2D eigenvalue weighted by molar-refractivity contribution is -0.132. The van der Waals surface area contributed by atoms with Crippen LogP contribution in [0.1, 0.15) is 26.7 Å². The Morgan fingerprint density at radius 3 is 2.47 bits per heavy atom. The van der Waals surface area contributed by atoms with Gasteiger partial charge in [-0.15, -0.1) is 0 Å². The highest BCUT2D eigenvalue weighted by Gasteiger charge is 2.13. The summed E-state index contributed by atoms with van der Waals surface area (Å²) in [7, 11) is 1.45. The van der Waals surface area contributed by atoms with Crippen molar-refractivity contribution in [2.45, 2.75) is 33.2 Å². The summed E-state index contributed by atoms with van der Waals surface area (Å²) in [6, 6.07) is 3.30. The molecule has 0 aliphatic heterocycles. The van der Waals surface area contributed by atoms with Gasteiger partial charge in [0.2, 0.25) is 5.91 Å². The predicted molar refractivity (Wildman–Crippen MR) is 74.4 cm³/mol. The van der Waals surface area contributed by atoms with Crippen molar-refractivity contribution in [3.05, 3.63) is 28.7 Å². The maximum atomic E-state index is 12.2. The Labute approximate surface area is 113 Å². The minimum Gasteiger partial charge on any atom is -0.491 e. The molecule has 0 aliphatic rings. The molecule has 0 atom stereocenters. The third-order valence-electron chi connectivity index (χ3n) is 2.85. The number of ether oxygens (including phenoxy) is 1. The molecule has 106 valence electrons. The number of hydrogen-bond acceptors (Lipinski definition) is 3. The lowest BCUT2D eigenvalue weighted by Crippen LogP contribution is -2.37. The van der Waals surface area contributed by atoms with Crippen LogP contribution in [0.2, 0.25) is 0 Å². The Bertz CT molecular complexity index is 462. The third kappa shape index (κ3) is 4.12. The van der Waals surface area contributed by atoms with Gasteiger partial charge in [0.15, 0.2) is 5.75 Å². The van der Waals surface area contributed by atoms with E-state index >= 15 is 0 Å². The first-order chi connectivity index (χ1) is 9.13. The Morgan fingerprint density at radius 2 is 1.95 bits per heavy atom. The van der Waals surface area contributed by atoms with Crippen molar-refractivity contribution < 1.29 is 9.53 Å². The van der Waals surface area contributed by atoms with E-state index in [0.717, 1.165) is 25.9 Å². The summed E-state index contributed by atoms with van der Waals surface area (Å²) >= 11 is 0. The van der Waals surface area contributed by atoms with E-state index in [4.69, 9.17) is 4.74 Å². The molecular formula is C14H22N2O3. The number of carbonyl (C=O) groups excluding carboxylic acids is 1. The molecule has 1 amide bonds. The van der Waals surface area contributed by atoms with E-state index in [-0.39, 0.29) is 23.8 Å². The number of methoxy groups -OCH3 is 1. The average Bonchev–Trinajstić information content (AvgIpc) is 2.41. The molecule has 0 N–H and O–H groups in total. The number of rotatable bonds is 7. The normalized spacial score (nSPS) is 10.3. The first-order valence-electron chi connectivity index (χ1n) is 6.65. The summed E-state index contributed by atoms with van der Waals surface area (Å²) in [6.45, 7) is 5.59. The number of nitrogens with zero attached hydrogens (tertiary/aromatic N) is 2. The smallest absolute Gasteiger partial charge is 0.293 e. The van der Waals surface area contributed by atoms with Crippen LogP contribution in [0, 0.1) is 0 Å². The van der Waals surface area contributed by atoms with Gasteiger partial charge in [-0.2, -0.15) is 0 Å². The molecule has 1 aromatic heterocycles. The van der Waals surface area contributed by atoms with Gasteiger partial charge in [-0.25, -0.2) is 0 Å². The first-order valence-corrected chi connectivity index (χ1v) is 6.65. The molecular weight excluding hydrogens is 244 g/mol. The molecule has 19 heavy (non-hydrogen) atoms. The van der Waals surface area contributed by atoms with Crippen molar-refractivity contribution in [1.29, 1.82) is 0 Å². The first kappa shape index (κ1) is 15.3. The lowest BCUT2D eigenvalue weighted by atomic mass is 10.3. The van der Waals surface area contributed by atoms with Crippen LogP contribution < -0.4 is 10.3 Å². The highest BCUT2D eigenvalue weighted by atomic mass is 16.5. The maximum Gasteiger partial charge on any atom is 0.293 e. The number of amides is 1. The SMILES string of the molecule is CCCN(CCC)C(=O)Cn1cccc(OC)c1=O. The number of aromatic nitrogens is 1. The summed E-state index contributed by atoms with van der Waals surface area (Å²) in [6.07, 6.45) is 3.44. The molecule has 0 saturated carbocycles. The zero-order valence-corrected chi connectivity index (χ0v) is 11.9. The fraction of sp³-hybridized carbons (Fsp3) is 0.571. The highest BCUT2D eigenvalue weighted by Crippen LogP contribution is 2.02. The van der Waals surface area contributed by atoms with Crippen LogP contribution in [-0.2, 0) is 11.3 Å². The standard InChI is InChI=1S/C14H22N2O3/c1-4-8-15(9-5-2)13(17)11-16-10-6-7-12(19-3)14(16)18/h6-7,10H,4-5,8-9,11H2,1-3H3. The Morgan fingerprint density at radius 1 is 1.32 bits per heavy atom. The highest BCUT2D eigenvalue weighted by molar-refractivity contribution is 5.76. The molecule has 0 radical (unpaired) electrons. The van der Waals surface area contributed by atoms with Crippen LogP contribution in [0.4, 0.5) is 0 Å². The van der Waals surface area contributed by atoms with E-state index in [1.165, 1.54) is 11.7 Å². The van der Waals surface area contributed by atoms with E-state index in [1.807, 2.05) is 13.8 Å². The van der Waals surface area contributed by atoms with Crippen LogP contribution in [0.15, 0.2) is 23.1 Å². The summed E-state index contributed by atoms with van der Waals surface area (Å²) in [4.78, 5) is 25.9. The zero-order valence-electron chi connectivity index (χ0n) is 11.9. The van der Waals surface area contributed by atoms with E-state index < -0.39 is 0 Å². The quantitative estimate of drug-likeness (QED) is 0.751. The van der Waals surface area contributed by atoms with Gasteiger partial charge in [0.05, 0.1) is 7.11 Å². The molecule has 0 unspecified atom stereocenters. The van der Waals surface area contributed by atoms with Gasteiger partial charge < -0.3 is 14.2 Å². The maximum absolute atomic E-state index is 12.2. The summed E-state index contributed by atoms with van der Waals surface area (Å²) in [5.41, 5.74) is -0.272. The Balaban J connectivity index is 2.83. The van der Waals surface area contributed by atoms with E-state index in [9.17, 15) is 9.59 Å². The Kier molecular flexibility index (Phi) is 6.12. The second-order valence-corrected chi connectivity index (χ2v) is 4.39. The molecule has 5 heteroatoms. The fourth-order valence-corrected chi connectivity index (χ4v) is 1.94. The summed E-state index contributed by atoms with van der Waals surface area (Å²) in [5, 5.41) is 0. The number of hydrogen-bond donors (Lipinski definition) is 0. The lowest BCUT2D eigenvalue weighted by Gasteiger charge is -2.21. The molecule has 0 saturated heterocycles. The average molecular weight is 266 g/mol. The van der Waals surface area contributed by atoms with Crippen LogP contribution in [0.3, 0.4) is 0 Å². The molecule has 1 heterocycles. The van der Waals surface area contributed by atoms with Gasteiger partial charge in [-0.1, -0.05) is 13.8 Å². The van der Waals surface area contributed by atoms with Gasteiger partial charge >= 0.3 is 0 Å². The van der Waals surface area contributed by atoms with Crippen LogP contribution in [0.5, 0.6) is 5.75 Å². The molecule has 0 aromatic carbocycles. The molecule has 0 spiro atoms. The zero-order chi connectivity index (χ0) is 14.3. The van der Waals surface area contributed by atoms with Crippen molar-refractivity contribution in [3.8, 4) is 5.75 Å². The minimum atomic E-state index is -0.272. The van der Waals surface area contributed by atoms with Crippen molar-refractivity contribution >= 4 is 5.91 Å². The predicted octanol–water partition coefficient (Wildman–Crippen LogP) is 1.51. The molecule has 1 aromatic rings. The second kappa shape index (κ2) is 7.61. The van der Waals surface area contributed by atoms with Gasteiger partial charge in [0.25, 0.3) is 5.56 Å². The summed E-state index contributed by atoms with van der Waals surface area (Å²) in [5.74, 6) is 0.229. The van der Waals surface area contributed by atoms with Crippen molar-refractivity contribution in [3.63, 3.8) is 0 Å². The van der Waals surface area contributed by atoms with Gasteiger partial charge in [0.1, 0.15) is 6.54 Å². The number of carbonyl (C=O) groups is 1. The van der Waals surface area contributed by atoms with Crippen molar-refractivity contribution in [2.75, 3.05) is 20.2 Å². The van der Waals surface area contributed by atoms with Crippen LogP contribution in [-0.4, -0.2) is 35.6 Å². The molecule has 1 rings (SSSR count). The van der Waals surface area contributed by atoms with E-state index in [2.05, 4.69) is 0 Å². The minimum absolute atomic E-state index is 0.0287. The topological polar surface area (TPSA) is 51.5 Å². The molecule has 0 bridgehead atoms.